The van der Waals surface area contributed by atoms with E-state index < -0.39 is 11.7 Å². The van der Waals surface area contributed by atoms with Crippen LogP contribution in [0.2, 0.25) is 0 Å². The first-order valence-corrected chi connectivity index (χ1v) is 8.02. The van der Waals surface area contributed by atoms with Crippen molar-refractivity contribution in [3.63, 3.8) is 0 Å². The monoisotopic (exact) mass is 314 g/mol. The maximum absolute atomic E-state index is 12.4. The number of carbonyl (C=O) groups is 2. The molecule has 1 atom stereocenters. The Kier molecular flexibility index (Phi) is 6.66. The summed E-state index contributed by atoms with van der Waals surface area (Å²) in [6.07, 6.45) is 1.00. The molecule has 1 rings (SSSR count). The molecule has 22 heavy (non-hydrogen) atoms. The van der Waals surface area contributed by atoms with Crippen LogP contribution in [0.4, 0.5) is 4.79 Å². The van der Waals surface area contributed by atoms with Gasteiger partial charge < -0.3 is 14.7 Å². The van der Waals surface area contributed by atoms with E-state index in [0.29, 0.717) is 25.4 Å². The first kappa shape index (κ1) is 18.7. The molecule has 1 aliphatic rings. The van der Waals surface area contributed by atoms with Crippen molar-refractivity contribution < 1.29 is 19.4 Å². The lowest BCUT2D eigenvalue weighted by atomic mass is 10.0. The summed E-state index contributed by atoms with van der Waals surface area (Å²) in [5.41, 5.74) is -0.572. The predicted octanol–water partition coefficient (Wildman–Crippen LogP) is 1.86. The minimum atomic E-state index is -0.572. The van der Waals surface area contributed by atoms with Crippen LogP contribution in [-0.2, 0) is 9.53 Å². The third-order valence-electron chi connectivity index (χ3n) is 3.52. The number of aliphatic hydroxyl groups excluding tert-OH is 1. The highest BCUT2D eigenvalue weighted by Crippen LogP contribution is 2.17. The third kappa shape index (κ3) is 5.83. The fourth-order valence-corrected chi connectivity index (χ4v) is 2.60. The van der Waals surface area contributed by atoms with Crippen LogP contribution in [0.25, 0.3) is 0 Å². The quantitative estimate of drug-likeness (QED) is 0.860. The second-order valence-electron chi connectivity index (χ2n) is 7.31. The van der Waals surface area contributed by atoms with Gasteiger partial charge in [0.05, 0.1) is 12.6 Å². The summed E-state index contributed by atoms with van der Waals surface area (Å²) in [6.45, 7) is 10.6. The molecule has 6 heteroatoms. The minimum Gasteiger partial charge on any atom is -0.444 e. The van der Waals surface area contributed by atoms with Gasteiger partial charge in [-0.15, -0.1) is 0 Å². The van der Waals surface area contributed by atoms with Crippen LogP contribution < -0.4 is 0 Å². The SMILES string of the molecule is CC(C)C[C@@H](CO)N1CCCN(C(=O)OC(C)(C)C)CC1=O. The number of nitrogens with zero attached hydrogens (tertiary/aromatic N) is 2. The van der Waals surface area contributed by atoms with E-state index in [1.807, 2.05) is 0 Å². The summed E-state index contributed by atoms with van der Waals surface area (Å²) in [5.74, 6) is 0.276. The Balaban J connectivity index is 2.71. The molecule has 0 aromatic carbocycles. The Morgan fingerprint density at radius 1 is 1.32 bits per heavy atom. The zero-order valence-corrected chi connectivity index (χ0v) is 14.5. The van der Waals surface area contributed by atoms with Gasteiger partial charge in [0.15, 0.2) is 0 Å². The number of amides is 2. The van der Waals surface area contributed by atoms with Gasteiger partial charge >= 0.3 is 6.09 Å². The number of hydrogen-bond acceptors (Lipinski definition) is 4. The second-order valence-corrected chi connectivity index (χ2v) is 7.31. The smallest absolute Gasteiger partial charge is 0.410 e. The average molecular weight is 314 g/mol. The molecule has 1 aliphatic heterocycles. The summed E-state index contributed by atoms with van der Waals surface area (Å²) < 4.78 is 5.33. The Bertz CT molecular complexity index is 390. The fraction of sp³-hybridized carbons (Fsp3) is 0.875. The molecular formula is C16H30N2O4. The van der Waals surface area contributed by atoms with Gasteiger partial charge in [0.1, 0.15) is 12.1 Å². The van der Waals surface area contributed by atoms with Crippen LogP contribution in [0, 0.1) is 5.92 Å². The lowest BCUT2D eigenvalue weighted by Crippen LogP contribution is -2.46. The Hall–Kier alpha value is -1.30. The maximum Gasteiger partial charge on any atom is 0.410 e. The van der Waals surface area contributed by atoms with E-state index in [-0.39, 0.29) is 25.1 Å². The Morgan fingerprint density at radius 3 is 2.45 bits per heavy atom. The van der Waals surface area contributed by atoms with E-state index in [2.05, 4.69) is 13.8 Å². The topological polar surface area (TPSA) is 70.1 Å². The van der Waals surface area contributed by atoms with Gasteiger partial charge in [0, 0.05) is 13.1 Å². The molecule has 0 bridgehead atoms. The zero-order chi connectivity index (χ0) is 16.9. The van der Waals surface area contributed by atoms with Crippen LogP contribution in [-0.4, -0.2) is 64.8 Å². The van der Waals surface area contributed by atoms with Crippen LogP contribution in [0.1, 0.15) is 47.5 Å². The molecule has 0 spiro atoms. The highest BCUT2D eigenvalue weighted by Gasteiger charge is 2.31. The van der Waals surface area contributed by atoms with Crippen molar-refractivity contribution in [2.45, 2.75) is 59.1 Å². The highest BCUT2D eigenvalue weighted by molar-refractivity contribution is 5.83. The molecule has 2 amide bonds. The fourth-order valence-electron chi connectivity index (χ4n) is 2.60. The molecule has 0 radical (unpaired) electrons. The Morgan fingerprint density at radius 2 is 1.95 bits per heavy atom. The third-order valence-corrected chi connectivity index (χ3v) is 3.52. The van der Waals surface area contributed by atoms with E-state index >= 15 is 0 Å². The molecule has 1 fully saturated rings. The van der Waals surface area contributed by atoms with E-state index in [0.717, 1.165) is 6.42 Å². The molecule has 1 N–H and O–H groups in total. The zero-order valence-electron chi connectivity index (χ0n) is 14.5. The molecule has 1 saturated heterocycles. The van der Waals surface area contributed by atoms with Gasteiger partial charge in [-0.2, -0.15) is 0 Å². The van der Waals surface area contributed by atoms with Crippen molar-refractivity contribution in [2.75, 3.05) is 26.2 Å². The summed E-state index contributed by atoms with van der Waals surface area (Å²) in [7, 11) is 0. The van der Waals surface area contributed by atoms with Gasteiger partial charge in [-0.25, -0.2) is 4.79 Å². The van der Waals surface area contributed by atoms with Crippen molar-refractivity contribution >= 4 is 12.0 Å². The maximum atomic E-state index is 12.4. The van der Waals surface area contributed by atoms with Gasteiger partial charge in [-0.05, 0) is 39.5 Å². The lowest BCUT2D eigenvalue weighted by Gasteiger charge is -2.31. The summed E-state index contributed by atoms with van der Waals surface area (Å²) in [4.78, 5) is 27.7. The highest BCUT2D eigenvalue weighted by atomic mass is 16.6. The lowest BCUT2D eigenvalue weighted by molar-refractivity contribution is -0.134. The van der Waals surface area contributed by atoms with E-state index in [4.69, 9.17) is 4.74 Å². The Labute approximate surface area is 133 Å². The van der Waals surface area contributed by atoms with Crippen LogP contribution in [0.3, 0.4) is 0 Å². The number of rotatable bonds is 4. The number of ether oxygens (including phenoxy) is 1. The summed E-state index contributed by atoms with van der Waals surface area (Å²) in [6, 6.07) is -0.175. The number of carbonyl (C=O) groups excluding carboxylic acids is 2. The summed E-state index contributed by atoms with van der Waals surface area (Å²) >= 11 is 0. The van der Waals surface area contributed by atoms with Crippen LogP contribution >= 0.6 is 0 Å². The number of hydrogen-bond donors (Lipinski definition) is 1. The predicted molar refractivity (Wildman–Crippen MR) is 84.5 cm³/mol. The molecular weight excluding hydrogens is 284 g/mol. The largest absolute Gasteiger partial charge is 0.444 e. The van der Waals surface area contributed by atoms with Gasteiger partial charge in [-0.1, -0.05) is 13.8 Å². The van der Waals surface area contributed by atoms with E-state index in [9.17, 15) is 14.7 Å². The molecule has 0 aliphatic carbocycles. The van der Waals surface area contributed by atoms with Gasteiger partial charge in [0.2, 0.25) is 5.91 Å². The van der Waals surface area contributed by atoms with E-state index in [1.165, 1.54) is 4.90 Å². The first-order chi connectivity index (χ1) is 10.1. The molecule has 0 saturated carbocycles. The van der Waals surface area contributed by atoms with Gasteiger partial charge in [0.25, 0.3) is 0 Å². The van der Waals surface area contributed by atoms with Crippen molar-refractivity contribution in [1.82, 2.24) is 9.80 Å². The molecule has 0 aromatic heterocycles. The standard InChI is InChI=1S/C16H30N2O4/c1-12(2)9-13(11-19)18-8-6-7-17(10-14(18)20)15(21)22-16(3,4)5/h12-13,19H,6-11H2,1-5H3/t13-/m0/s1. The average Bonchev–Trinajstić information content (AvgIpc) is 2.56. The molecule has 6 nitrogen and oxygen atoms in total. The first-order valence-electron chi connectivity index (χ1n) is 8.02. The van der Waals surface area contributed by atoms with Crippen molar-refractivity contribution in [2.24, 2.45) is 5.92 Å². The molecule has 1 heterocycles. The summed E-state index contributed by atoms with van der Waals surface area (Å²) in [5, 5.41) is 9.57. The van der Waals surface area contributed by atoms with Crippen molar-refractivity contribution in [3.8, 4) is 0 Å². The second kappa shape index (κ2) is 7.81. The van der Waals surface area contributed by atoms with Gasteiger partial charge in [-0.3, -0.25) is 9.69 Å². The number of aliphatic hydroxyl groups is 1. The normalized spacial score (nSPS) is 18.4. The van der Waals surface area contributed by atoms with Crippen molar-refractivity contribution in [3.05, 3.63) is 0 Å². The molecule has 0 unspecified atom stereocenters. The minimum absolute atomic E-state index is 0.0174. The molecule has 128 valence electrons. The van der Waals surface area contributed by atoms with Crippen LogP contribution in [0.15, 0.2) is 0 Å². The molecule has 0 aromatic rings. The van der Waals surface area contributed by atoms with Crippen LogP contribution in [0.5, 0.6) is 0 Å². The van der Waals surface area contributed by atoms with E-state index in [1.54, 1.807) is 25.7 Å². The van der Waals surface area contributed by atoms with Crippen molar-refractivity contribution in [1.29, 1.82) is 0 Å².